The second kappa shape index (κ2) is 11.2. The number of hydrogen-bond donors (Lipinski definition) is 0. The number of para-hydroxylation sites is 1. The van der Waals surface area contributed by atoms with Crippen molar-refractivity contribution in [1.82, 2.24) is 4.68 Å². The molecular weight excluding hydrogens is 567 g/mol. The van der Waals surface area contributed by atoms with Crippen molar-refractivity contribution in [3.8, 4) is 11.1 Å². The van der Waals surface area contributed by atoms with Gasteiger partial charge in [-0.25, -0.2) is 0 Å². The molecule has 8 rings (SSSR count). The zero-order chi connectivity index (χ0) is 30.3. The minimum Gasteiger partial charge on any atom is -0.288 e. The minimum absolute atomic E-state index is 0.931. The molecule has 0 saturated carbocycles. The largest absolute Gasteiger partial charge is 0.288 e. The Morgan fingerprint density at radius 2 is 1.27 bits per heavy atom. The van der Waals surface area contributed by atoms with Gasteiger partial charge in [-0.3, -0.25) is 14.7 Å². The van der Waals surface area contributed by atoms with Crippen LogP contribution in [0.4, 0.5) is 0 Å². The van der Waals surface area contributed by atoms with E-state index in [0.29, 0.717) is 0 Å². The maximum Gasteiger partial charge on any atom is 0.0712 e. The highest BCUT2D eigenvalue weighted by atomic mass is 32.1. The van der Waals surface area contributed by atoms with Crippen LogP contribution in [-0.4, -0.2) is 24.5 Å². The third-order valence-corrected chi connectivity index (χ3v) is 9.88. The highest BCUT2D eigenvalue weighted by Crippen LogP contribution is 2.41. The van der Waals surface area contributed by atoms with E-state index < -0.39 is 0 Å². The van der Waals surface area contributed by atoms with Crippen LogP contribution in [0.5, 0.6) is 0 Å². The molecule has 0 aliphatic heterocycles. The second-order valence-electron chi connectivity index (χ2n) is 11.2. The van der Waals surface area contributed by atoms with Gasteiger partial charge in [-0.15, -0.1) is 11.3 Å². The first-order valence-corrected chi connectivity index (χ1v) is 16.0. The van der Waals surface area contributed by atoms with Gasteiger partial charge in [0.05, 0.1) is 22.4 Å². The quantitative estimate of drug-likeness (QED) is 0.175. The lowest BCUT2D eigenvalue weighted by atomic mass is 10.0. The molecule has 0 amide bonds. The van der Waals surface area contributed by atoms with Crippen LogP contribution in [0, 0.1) is 0 Å². The lowest BCUT2D eigenvalue weighted by Crippen LogP contribution is -2.28. The van der Waals surface area contributed by atoms with Crippen LogP contribution in [0.2, 0.25) is 0 Å². The van der Waals surface area contributed by atoms with E-state index in [1.165, 1.54) is 42.1 Å². The Morgan fingerprint density at radius 3 is 2.04 bits per heavy atom. The topological polar surface area (TPSA) is 20.5 Å². The molecule has 3 nitrogen and oxygen atoms in total. The fourth-order valence-electron chi connectivity index (χ4n) is 6.51. The summed E-state index contributed by atoms with van der Waals surface area (Å²) in [5, 5.41) is 7.36. The maximum atomic E-state index is 4.70. The molecule has 0 saturated heterocycles. The first-order chi connectivity index (χ1) is 22.2. The van der Waals surface area contributed by atoms with Crippen LogP contribution >= 0.6 is 11.3 Å². The summed E-state index contributed by atoms with van der Waals surface area (Å²) in [6.45, 7) is 0. The average Bonchev–Trinajstić information content (AvgIpc) is 3.65. The summed E-state index contributed by atoms with van der Waals surface area (Å²) in [5.74, 6) is 0. The van der Waals surface area contributed by atoms with E-state index in [9.17, 15) is 0 Å². The molecule has 216 valence electrons. The van der Waals surface area contributed by atoms with Gasteiger partial charge < -0.3 is 0 Å². The Balaban J connectivity index is 1.33. The van der Waals surface area contributed by atoms with E-state index in [1.807, 2.05) is 24.5 Å². The van der Waals surface area contributed by atoms with Crippen molar-refractivity contribution < 1.29 is 0 Å². The van der Waals surface area contributed by atoms with Crippen molar-refractivity contribution in [3.05, 3.63) is 163 Å². The fourth-order valence-corrected chi connectivity index (χ4v) is 7.75. The minimum atomic E-state index is 0.931. The van der Waals surface area contributed by atoms with Crippen LogP contribution in [0.3, 0.4) is 0 Å². The van der Waals surface area contributed by atoms with Gasteiger partial charge in [0.25, 0.3) is 0 Å². The highest BCUT2D eigenvalue weighted by Gasteiger charge is 2.19. The summed E-state index contributed by atoms with van der Waals surface area (Å²) in [4.78, 5) is 4.70. The Hall–Kier alpha value is -5.45. The van der Waals surface area contributed by atoms with Crippen molar-refractivity contribution >= 4 is 64.7 Å². The van der Waals surface area contributed by atoms with E-state index in [4.69, 9.17) is 4.99 Å². The SMILES string of the molecule is C/N=C(\C=C(\c1ccccc1)N(C)n1c2ccccc2c2cc(-c3cccc4c3sc3ccccc34)ccc21)c1ccccc1. The number of fused-ring (bicyclic) bond motifs is 6. The van der Waals surface area contributed by atoms with Crippen molar-refractivity contribution in [2.75, 3.05) is 19.1 Å². The van der Waals surface area contributed by atoms with Crippen molar-refractivity contribution in [2.45, 2.75) is 0 Å². The molecule has 0 bridgehead atoms. The van der Waals surface area contributed by atoms with Gasteiger partial charge in [0.2, 0.25) is 0 Å². The summed E-state index contributed by atoms with van der Waals surface area (Å²) in [7, 11) is 4.01. The van der Waals surface area contributed by atoms with E-state index in [2.05, 4.69) is 162 Å². The molecule has 8 aromatic rings. The monoisotopic (exact) mass is 597 g/mol. The Bertz CT molecular complexity index is 2390. The number of allylic oxidation sites excluding steroid dienone is 1. The van der Waals surface area contributed by atoms with Crippen LogP contribution < -0.4 is 5.01 Å². The molecule has 45 heavy (non-hydrogen) atoms. The van der Waals surface area contributed by atoms with E-state index in [-0.39, 0.29) is 0 Å². The Labute approximate surface area is 266 Å². The summed E-state index contributed by atoms with van der Waals surface area (Å²) in [6.07, 6.45) is 2.20. The van der Waals surface area contributed by atoms with Crippen molar-refractivity contribution in [3.63, 3.8) is 0 Å². The number of hydrogen-bond acceptors (Lipinski definition) is 3. The van der Waals surface area contributed by atoms with Gasteiger partial charge in [0.1, 0.15) is 0 Å². The number of nitrogens with zero attached hydrogens (tertiary/aromatic N) is 3. The lowest BCUT2D eigenvalue weighted by molar-refractivity contribution is 0.845. The second-order valence-corrected chi connectivity index (χ2v) is 12.3. The van der Waals surface area contributed by atoms with Crippen LogP contribution in [0.25, 0.3) is 58.8 Å². The summed E-state index contributed by atoms with van der Waals surface area (Å²) >= 11 is 1.88. The molecular formula is C41H31N3S. The Morgan fingerprint density at radius 1 is 0.622 bits per heavy atom. The zero-order valence-electron chi connectivity index (χ0n) is 25.2. The summed E-state index contributed by atoms with van der Waals surface area (Å²) in [5.41, 5.74) is 9.01. The number of aliphatic imine (C=N–C) groups is 1. The molecule has 4 heteroatoms. The molecule has 2 heterocycles. The molecule has 2 aromatic heterocycles. The lowest BCUT2D eigenvalue weighted by Gasteiger charge is -2.27. The summed E-state index contributed by atoms with van der Waals surface area (Å²) in [6, 6.07) is 52.0. The third kappa shape index (κ3) is 4.62. The van der Waals surface area contributed by atoms with Gasteiger partial charge >= 0.3 is 0 Å². The third-order valence-electron chi connectivity index (χ3n) is 8.66. The highest BCUT2D eigenvalue weighted by molar-refractivity contribution is 7.26. The maximum absolute atomic E-state index is 4.70. The van der Waals surface area contributed by atoms with Crippen LogP contribution in [-0.2, 0) is 0 Å². The van der Waals surface area contributed by atoms with Gasteiger partial charge in [-0.2, -0.15) is 0 Å². The first kappa shape index (κ1) is 27.1. The smallest absolute Gasteiger partial charge is 0.0712 e. The van der Waals surface area contributed by atoms with Crippen molar-refractivity contribution in [2.24, 2.45) is 4.99 Å². The molecule has 0 aliphatic rings. The number of aromatic nitrogens is 1. The normalized spacial score (nSPS) is 12.5. The van der Waals surface area contributed by atoms with E-state index >= 15 is 0 Å². The van der Waals surface area contributed by atoms with Gasteiger partial charge in [0.15, 0.2) is 0 Å². The predicted octanol–water partition coefficient (Wildman–Crippen LogP) is 10.6. The first-order valence-electron chi connectivity index (χ1n) is 15.2. The van der Waals surface area contributed by atoms with Gasteiger partial charge in [-0.05, 0) is 52.6 Å². The van der Waals surface area contributed by atoms with E-state index in [1.54, 1.807) is 0 Å². The molecule has 0 atom stereocenters. The molecule has 0 radical (unpaired) electrons. The van der Waals surface area contributed by atoms with Crippen LogP contribution in [0.1, 0.15) is 11.1 Å². The standard InChI is InChI=1S/C41H31N3S/c1-42-36(28-14-5-3-6-15-28)27-39(29-16-7-4-8-17-29)43(2)44-37-22-11-9-18-32(37)35-26-30(24-25-38(35)44)31-20-13-21-34-33-19-10-12-23-40(33)45-41(31)34/h3-27H,1-2H3/b39-27-,42-36+. The number of rotatable bonds is 6. The molecule has 0 N–H and O–H groups in total. The van der Waals surface area contributed by atoms with Crippen LogP contribution in [0.15, 0.2) is 157 Å². The fraction of sp³-hybridized carbons (Fsp3) is 0.0488. The predicted molar refractivity (Wildman–Crippen MR) is 195 cm³/mol. The van der Waals surface area contributed by atoms with Gasteiger partial charge in [-0.1, -0.05) is 121 Å². The molecule has 6 aromatic carbocycles. The van der Waals surface area contributed by atoms with E-state index in [0.717, 1.165) is 33.6 Å². The average molecular weight is 598 g/mol. The molecule has 0 aliphatic carbocycles. The molecule has 0 unspecified atom stereocenters. The number of benzene rings is 6. The number of thiophene rings is 1. The molecule has 0 spiro atoms. The summed E-state index contributed by atoms with van der Waals surface area (Å²) < 4.78 is 5.00. The Kier molecular flexibility index (Phi) is 6.77. The molecule has 0 fully saturated rings. The van der Waals surface area contributed by atoms with Gasteiger partial charge in [0, 0.05) is 45.0 Å². The zero-order valence-corrected chi connectivity index (χ0v) is 26.0. The van der Waals surface area contributed by atoms with Crippen molar-refractivity contribution in [1.29, 1.82) is 0 Å².